The van der Waals surface area contributed by atoms with Crippen molar-refractivity contribution < 1.29 is 19.4 Å². The molecule has 35 heavy (non-hydrogen) atoms. The van der Waals surface area contributed by atoms with E-state index in [0.717, 1.165) is 49.2 Å². The SMILES string of the molecule is CC1=C(N2CCC3(CCC(N(C)[C@H](CO)c4ccc(N5C=NNN5C)nc4)CC3)C2=O)COC1=O. The summed E-state index contributed by atoms with van der Waals surface area (Å²) in [5.41, 5.74) is 4.69. The Bertz CT molecular complexity index is 1050. The number of likely N-dealkylation sites (N-methyl/N-ethyl adjacent to an activating group) is 1. The number of cyclic esters (lactones) is 1. The smallest absolute Gasteiger partial charge is 0.336 e. The average Bonchev–Trinajstić information content (AvgIpc) is 3.54. The third kappa shape index (κ3) is 4.07. The minimum atomic E-state index is -0.356. The highest BCUT2D eigenvalue weighted by atomic mass is 16.5. The fourth-order valence-electron chi connectivity index (χ4n) is 5.81. The molecule has 1 aromatic heterocycles. The molecule has 11 nitrogen and oxygen atoms in total. The van der Waals surface area contributed by atoms with Crippen LogP contribution < -0.4 is 10.5 Å². The summed E-state index contributed by atoms with van der Waals surface area (Å²) in [6.07, 6.45) is 7.64. The molecule has 1 saturated carbocycles. The Hall–Kier alpha value is -3.02. The quantitative estimate of drug-likeness (QED) is 0.575. The van der Waals surface area contributed by atoms with Crippen molar-refractivity contribution in [2.75, 3.05) is 38.9 Å². The Balaban J connectivity index is 1.23. The lowest BCUT2D eigenvalue weighted by Gasteiger charge is -2.42. The summed E-state index contributed by atoms with van der Waals surface area (Å²) in [6, 6.07) is 3.99. The zero-order valence-corrected chi connectivity index (χ0v) is 20.5. The number of hydrogen-bond donors (Lipinski definition) is 2. The molecule has 1 saturated heterocycles. The van der Waals surface area contributed by atoms with Crippen LogP contribution in [0.15, 0.2) is 34.7 Å². The Morgan fingerprint density at radius 2 is 2.06 bits per heavy atom. The fraction of sp³-hybridized carbons (Fsp3) is 0.583. The van der Waals surface area contributed by atoms with Gasteiger partial charge >= 0.3 is 5.97 Å². The third-order valence-electron chi connectivity index (χ3n) is 8.15. The maximum Gasteiger partial charge on any atom is 0.336 e. The highest BCUT2D eigenvalue weighted by Crippen LogP contribution is 2.47. The van der Waals surface area contributed by atoms with Gasteiger partial charge in [0, 0.05) is 25.8 Å². The number of rotatable bonds is 6. The number of hydrazine groups is 2. The van der Waals surface area contributed by atoms with Crippen molar-refractivity contribution in [1.29, 1.82) is 0 Å². The number of amides is 1. The zero-order valence-electron chi connectivity index (χ0n) is 20.5. The first-order valence-corrected chi connectivity index (χ1v) is 12.1. The van der Waals surface area contributed by atoms with Crippen molar-refractivity contribution >= 4 is 24.0 Å². The van der Waals surface area contributed by atoms with Gasteiger partial charge in [-0.2, -0.15) is 5.10 Å². The molecule has 4 heterocycles. The summed E-state index contributed by atoms with van der Waals surface area (Å²) in [5.74, 6) is 0.538. The summed E-state index contributed by atoms with van der Waals surface area (Å²) in [4.78, 5) is 33.8. The number of anilines is 1. The third-order valence-corrected chi connectivity index (χ3v) is 8.15. The molecule has 0 unspecified atom stereocenters. The molecular weight excluding hydrogens is 450 g/mol. The average molecular weight is 484 g/mol. The van der Waals surface area contributed by atoms with Gasteiger partial charge in [0.1, 0.15) is 18.8 Å². The first-order chi connectivity index (χ1) is 16.8. The number of carbonyl (C=O) groups is 2. The molecule has 1 spiro atoms. The number of hydrogen-bond acceptors (Lipinski definition) is 10. The van der Waals surface area contributed by atoms with E-state index in [1.807, 2.05) is 26.2 Å². The number of aliphatic hydroxyl groups is 1. The zero-order chi connectivity index (χ0) is 24.7. The highest BCUT2D eigenvalue weighted by Gasteiger charge is 2.50. The van der Waals surface area contributed by atoms with Gasteiger partial charge in [0.2, 0.25) is 5.91 Å². The van der Waals surface area contributed by atoms with Crippen LogP contribution in [0.25, 0.3) is 0 Å². The first-order valence-electron chi connectivity index (χ1n) is 12.1. The van der Waals surface area contributed by atoms with Crippen molar-refractivity contribution in [1.82, 2.24) is 25.4 Å². The lowest BCUT2D eigenvalue weighted by atomic mass is 9.71. The summed E-state index contributed by atoms with van der Waals surface area (Å²) in [7, 11) is 3.89. The lowest BCUT2D eigenvalue weighted by molar-refractivity contribution is -0.138. The summed E-state index contributed by atoms with van der Waals surface area (Å²) in [5, 5.41) is 17.7. The van der Waals surface area contributed by atoms with E-state index in [4.69, 9.17) is 4.74 Å². The van der Waals surface area contributed by atoms with Gasteiger partial charge in [-0.3, -0.25) is 9.69 Å². The van der Waals surface area contributed by atoms with E-state index in [-0.39, 0.29) is 42.6 Å². The molecule has 2 N–H and O–H groups in total. The van der Waals surface area contributed by atoms with Gasteiger partial charge in [0.05, 0.1) is 29.3 Å². The minimum Gasteiger partial charge on any atom is -0.456 e. The molecule has 11 heteroatoms. The predicted octanol–water partition coefficient (Wildman–Crippen LogP) is 1.15. The van der Waals surface area contributed by atoms with Crippen LogP contribution in [-0.2, 0) is 14.3 Å². The Labute approximate surface area is 204 Å². The second-order valence-corrected chi connectivity index (χ2v) is 9.89. The van der Waals surface area contributed by atoms with Crippen molar-refractivity contribution in [2.45, 2.75) is 51.1 Å². The molecule has 0 aromatic carbocycles. The lowest BCUT2D eigenvalue weighted by Crippen LogP contribution is -2.44. The number of ether oxygens (including phenoxy) is 1. The maximum atomic E-state index is 13.4. The monoisotopic (exact) mass is 483 g/mol. The molecule has 1 aliphatic carbocycles. The Morgan fingerprint density at radius 3 is 2.63 bits per heavy atom. The predicted molar refractivity (Wildman–Crippen MR) is 128 cm³/mol. The molecule has 2 fully saturated rings. The standard InChI is InChI=1S/C24H33N7O4/c1-16-20(14-35-22(16)33)30-11-10-24(23(30)34)8-6-18(7-9-24)28(2)19(13-32)17-4-5-21(25-12-17)31-15-26-27-29(31)3/h4-5,12,15,18-19,27,32H,6-11,13-14H2,1-3H3/t18?,19-,24?/m1/s1. The van der Waals surface area contributed by atoms with Crippen molar-refractivity contribution in [3.8, 4) is 0 Å². The Morgan fingerprint density at radius 1 is 1.29 bits per heavy atom. The van der Waals surface area contributed by atoms with Crippen LogP contribution in [-0.4, -0.2) is 83.1 Å². The number of carbonyl (C=O) groups excluding carboxylic acids is 2. The van der Waals surface area contributed by atoms with Gasteiger partial charge in [-0.05, 0) is 57.7 Å². The van der Waals surface area contributed by atoms with Crippen LogP contribution >= 0.6 is 0 Å². The van der Waals surface area contributed by atoms with Crippen molar-refractivity contribution in [3.05, 3.63) is 35.2 Å². The molecule has 0 bridgehead atoms. The molecule has 1 amide bonds. The number of esters is 1. The van der Waals surface area contributed by atoms with Crippen LogP contribution in [0.1, 0.15) is 50.6 Å². The molecule has 0 radical (unpaired) electrons. The number of likely N-dealkylation sites (tertiary alicyclic amines) is 1. The van der Waals surface area contributed by atoms with Crippen LogP contribution in [0, 0.1) is 5.41 Å². The molecule has 4 aliphatic rings. The summed E-state index contributed by atoms with van der Waals surface area (Å²) >= 11 is 0. The molecular formula is C24H33N7O4. The molecule has 1 aromatic rings. The highest BCUT2D eigenvalue weighted by molar-refractivity contribution is 5.94. The molecule has 1 atom stereocenters. The van der Waals surface area contributed by atoms with E-state index >= 15 is 0 Å². The fourth-order valence-corrected chi connectivity index (χ4v) is 5.81. The van der Waals surface area contributed by atoms with Gasteiger partial charge in [-0.25, -0.2) is 20.3 Å². The van der Waals surface area contributed by atoms with Crippen LogP contribution in [0.4, 0.5) is 5.82 Å². The number of hydrazone groups is 1. The van der Waals surface area contributed by atoms with E-state index < -0.39 is 0 Å². The van der Waals surface area contributed by atoms with E-state index in [1.54, 1.807) is 34.5 Å². The normalized spacial score (nSPS) is 28.0. The van der Waals surface area contributed by atoms with E-state index in [0.29, 0.717) is 12.1 Å². The maximum absolute atomic E-state index is 13.4. The van der Waals surface area contributed by atoms with Gasteiger partial charge in [0.15, 0.2) is 0 Å². The topological polar surface area (TPSA) is 114 Å². The van der Waals surface area contributed by atoms with Gasteiger partial charge < -0.3 is 14.7 Å². The molecule has 3 aliphatic heterocycles. The van der Waals surface area contributed by atoms with Crippen LogP contribution in [0.5, 0.6) is 0 Å². The van der Waals surface area contributed by atoms with Gasteiger partial charge in [-0.1, -0.05) is 6.07 Å². The first kappa shape index (κ1) is 23.7. The summed E-state index contributed by atoms with van der Waals surface area (Å²) < 4.78 is 5.13. The Kier molecular flexibility index (Phi) is 6.24. The van der Waals surface area contributed by atoms with Gasteiger partial charge in [-0.15, -0.1) is 5.12 Å². The minimum absolute atomic E-state index is 0.0139. The number of aromatic nitrogens is 1. The molecule has 188 valence electrons. The number of nitrogens with zero attached hydrogens (tertiary/aromatic N) is 6. The van der Waals surface area contributed by atoms with Crippen LogP contribution in [0.2, 0.25) is 0 Å². The number of pyridine rings is 1. The number of nitrogens with one attached hydrogen (secondary N) is 1. The summed E-state index contributed by atoms with van der Waals surface area (Å²) in [6.45, 7) is 2.56. The van der Waals surface area contributed by atoms with E-state index in [1.165, 1.54) is 0 Å². The van der Waals surface area contributed by atoms with Crippen molar-refractivity contribution in [3.63, 3.8) is 0 Å². The van der Waals surface area contributed by atoms with Crippen molar-refractivity contribution in [2.24, 2.45) is 10.5 Å². The second kappa shape index (κ2) is 9.21. The van der Waals surface area contributed by atoms with Gasteiger partial charge in [0.25, 0.3) is 0 Å². The molecule has 5 rings (SSSR count). The van der Waals surface area contributed by atoms with E-state index in [9.17, 15) is 14.7 Å². The largest absolute Gasteiger partial charge is 0.456 e. The van der Waals surface area contributed by atoms with E-state index in [2.05, 4.69) is 20.5 Å². The number of aliphatic hydroxyl groups excluding tert-OH is 1. The second-order valence-electron chi connectivity index (χ2n) is 9.89. The van der Waals surface area contributed by atoms with Crippen LogP contribution in [0.3, 0.4) is 0 Å².